The molecule has 0 saturated carbocycles. The molecule has 1 aliphatic rings. The Kier molecular flexibility index (Phi) is 3.49. The molecule has 1 aliphatic carbocycles. The lowest BCUT2D eigenvalue weighted by molar-refractivity contribution is 0.0974. The van der Waals surface area contributed by atoms with Gasteiger partial charge in [-0.1, -0.05) is 54.1 Å². The van der Waals surface area contributed by atoms with E-state index >= 15 is 0 Å². The number of fused-ring (bicyclic) bond motifs is 4. The van der Waals surface area contributed by atoms with Crippen molar-refractivity contribution in [3.8, 4) is 5.75 Å². The van der Waals surface area contributed by atoms with Crippen LogP contribution < -0.4 is 0 Å². The molecule has 136 valence electrons. The van der Waals surface area contributed by atoms with E-state index in [0.717, 1.165) is 16.6 Å². The molecule has 0 bridgehead atoms. The van der Waals surface area contributed by atoms with Gasteiger partial charge in [-0.25, -0.2) is 0 Å². The second kappa shape index (κ2) is 5.92. The predicted octanol–water partition coefficient (Wildman–Crippen LogP) is 4.48. The smallest absolute Gasteiger partial charge is 0.210 e. The van der Waals surface area contributed by atoms with Gasteiger partial charge < -0.3 is 9.67 Å². The fraction of sp³-hybridized carbons (Fsp3) is 0.0833. The monoisotopic (exact) mass is 367 g/mol. The Morgan fingerprint density at radius 3 is 2.36 bits per heavy atom. The summed E-state index contributed by atoms with van der Waals surface area (Å²) in [5, 5.41) is 10.6. The highest BCUT2D eigenvalue weighted by Crippen LogP contribution is 2.36. The van der Waals surface area contributed by atoms with E-state index in [9.17, 15) is 14.7 Å². The van der Waals surface area contributed by atoms with Crippen molar-refractivity contribution in [3.05, 3.63) is 100 Å². The van der Waals surface area contributed by atoms with Crippen molar-refractivity contribution in [2.24, 2.45) is 0 Å². The first-order valence-electron chi connectivity index (χ1n) is 9.14. The Balaban J connectivity index is 1.82. The molecule has 0 saturated heterocycles. The maximum Gasteiger partial charge on any atom is 0.210 e. The van der Waals surface area contributed by atoms with Gasteiger partial charge in [-0.05, 0) is 30.7 Å². The molecule has 0 amide bonds. The highest BCUT2D eigenvalue weighted by Gasteiger charge is 2.35. The van der Waals surface area contributed by atoms with Crippen molar-refractivity contribution < 1.29 is 14.7 Å². The summed E-state index contributed by atoms with van der Waals surface area (Å²) in [6.07, 6.45) is 0. The quantitative estimate of drug-likeness (QED) is 0.500. The third-order valence-electron chi connectivity index (χ3n) is 5.33. The number of ketones is 2. The van der Waals surface area contributed by atoms with Crippen molar-refractivity contribution in [1.82, 2.24) is 4.57 Å². The summed E-state index contributed by atoms with van der Waals surface area (Å²) in [7, 11) is 0. The van der Waals surface area contributed by atoms with Crippen molar-refractivity contribution >= 4 is 22.5 Å². The number of aromatic hydroxyl groups is 1. The van der Waals surface area contributed by atoms with Gasteiger partial charge in [0.1, 0.15) is 11.4 Å². The van der Waals surface area contributed by atoms with E-state index in [-0.39, 0.29) is 17.3 Å². The number of phenols is 1. The Morgan fingerprint density at radius 1 is 0.857 bits per heavy atom. The lowest BCUT2D eigenvalue weighted by atomic mass is 9.87. The number of rotatable bonds is 2. The van der Waals surface area contributed by atoms with Crippen LogP contribution in [0, 0.1) is 6.92 Å². The second-order valence-electron chi connectivity index (χ2n) is 7.20. The minimum atomic E-state index is -0.177. The second-order valence-corrected chi connectivity index (χ2v) is 7.20. The normalized spacial score (nSPS) is 12.9. The van der Waals surface area contributed by atoms with Gasteiger partial charge in [0.05, 0.1) is 5.56 Å². The zero-order valence-electron chi connectivity index (χ0n) is 15.3. The van der Waals surface area contributed by atoms with Crippen LogP contribution in [0.5, 0.6) is 5.75 Å². The molecule has 1 aromatic heterocycles. The third-order valence-corrected chi connectivity index (χ3v) is 5.33. The van der Waals surface area contributed by atoms with Gasteiger partial charge in [-0.2, -0.15) is 0 Å². The van der Waals surface area contributed by atoms with Crippen LogP contribution in [0.2, 0.25) is 0 Å². The van der Waals surface area contributed by atoms with Crippen molar-refractivity contribution in [3.63, 3.8) is 0 Å². The Hall–Kier alpha value is -3.66. The lowest BCUT2D eigenvalue weighted by Gasteiger charge is -2.17. The number of aromatic nitrogens is 1. The molecular weight excluding hydrogens is 350 g/mol. The third kappa shape index (κ3) is 2.31. The Morgan fingerprint density at radius 2 is 1.61 bits per heavy atom. The number of hydrogen-bond acceptors (Lipinski definition) is 3. The first-order valence-corrected chi connectivity index (χ1v) is 9.14. The molecule has 0 fully saturated rings. The number of phenolic OH excluding ortho intramolecular Hbond substituents is 1. The zero-order valence-corrected chi connectivity index (χ0v) is 15.3. The number of aryl methyl sites for hydroxylation is 1. The predicted molar refractivity (Wildman–Crippen MR) is 107 cm³/mol. The Labute approximate surface area is 161 Å². The summed E-state index contributed by atoms with van der Waals surface area (Å²) < 4.78 is 1.90. The zero-order chi connectivity index (χ0) is 19.4. The van der Waals surface area contributed by atoms with Crippen LogP contribution in [-0.2, 0) is 6.54 Å². The van der Waals surface area contributed by atoms with Gasteiger partial charge in [-0.15, -0.1) is 0 Å². The molecule has 0 unspecified atom stereocenters. The molecule has 0 spiro atoms. The van der Waals surface area contributed by atoms with Gasteiger partial charge in [0.15, 0.2) is 5.78 Å². The van der Waals surface area contributed by atoms with Gasteiger partial charge in [0, 0.05) is 28.6 Å². The summed E-state index contributed by atoms with van der Waals surface area (Å²) >= 11 is 0. The topological polar surface area (TPSA) is 59.3 Å². The summed E-state index contributed by atoms with van der Waals surface area (Å²) in [5.41, 5.74) is 4.56. The molecule has 0 aliphatic heterocycles. The standard InChI is InChI=1S/C24H17NO3/c1-14-5-4-6-15(11-14)13-25-20-10-9-16(26)12-19(20)21-22(25)24(28)18-8-3-2-7-17(18)23(21)27/h2-12,26H,13H2,1H3. The molecule has 1 N–H and O–H groups in total. The number of carbonyl (C=O) groups is 2. The molecule has 28 heavy (non-hydrogen) atoms. The van der Waals surface area contributed by atoms with Crippen LogP contribution >= 0.6 is 0 Å². The van der Waals surface area contributed by atoms with E-state index in [4.69, 9.17) is 0 Å². The maximum absolute atomic E-state index is 13.4. The van der Waals surface area contributed by atoms with Crippen molar-refractivity contribution in [2.45, 2.75) is 13.5 Å². The summed E-state index contributed by atoms with van der Waals surface area (Å²) in [6.45, 7) is 2.50. The van der Waals surface area contributed by atoms with Crippen LogP contribution in [-0.4, -0.2) is 21.2 Å². The van der Waals surface area contributed by atoms with Gasteiger partial charge in [-0.3, -0.25) is 9.59 Å². The molecule has 0 radical (unpaired) electrons. The average Bonchev–Trinajstić information content (AvgIpc) is 3.00. The molecule has 1 heterocycles. The van der Waals surface area contributed by atoms with Crippen LogP contribution in [0.25, 0.3) is 10.9 Å². The highest BCUT2D eigenvalue weighted by atomic mass is 16.3. The van der Waals surface area contributed by atoms with Gasteiger partial charge in [0.2, 0.25) is 5.78 Å². The summed E-state index contributed by atoms with van der Waals surface area (Å²) in [5.74, 6) is -0.264. The average molecular weight is 367 g/mol. The SMILES string of the molecule is Cc1cccc(Cn2c3c(c4cc(O)ccc42)C(=O)c2ccccc2C3=O)c1. The number of hydrogen-bond donors (Lipinski definition) is 1. The van der Waals surface area contributed by atoms with E-state index < -0.39 is 0 Å². The van der Waals surface area contributed by atoms with Crippen LogP contribution in [0.3, 0.4) is 0 Å². The minimum Gasteiger partial charge on any atom is -0.508 e. The van der Waals surface area contributed by atoms with Gasteiger partial charge >= 0.3 is 0 Å². The first-order chi connectivity index (χ1) is 13.5. The largest absolute Gasteiger partial charge is 0.508 e. The molecule has 4 aromatic rings. The number of carbonyl (C=O) groups excluding carboxylic acids is 2. The Bertz CT molecular complexity index is 1300. The van der Waals surface area contributed by atoms with Crippen LogP contribution in [0.1, 0.15) is 43.1 Å². The first kappa shape index (κ1) is 16.5. The highest BCUT2D eigenvalue weighted by molar-refractivity contribution is 6.32. The van der Waals surface area contributed by atoms with Crippen molar-refractivity contribution in [1.29, 1.82) is 0 Å². The van der Waals surface area contributed by atoms with Crippen LogP contribution in [0.4, 0.5) is 0 Å². The summed E-state index contributed by atoms with van der Waals surface area (Å²) in [4.78, 5) is 26.6. The lowest BCUT2D eigenvalue weighted by Crippen LogP contribution is -2.23. The molecule has 5 rings (SSSR count). The van der Waals surface area contributed by atoms with E-state index in [2.05, 4.69) is 6.07 Å². The van der Waals surface area contributed by atoms with E-state index in [0.29, 0.717) is 34.3 Å². The van der Waals surface area contributed by atoms with E-state index in [1.807, 2.05) is 29.7 Å². The maximum atomic E-state index is 13.4. The fourth-order valence-corrected chi connectivity index (χ4v) is 4.11. The number of nitrogens with zero attached hydrogens (tertiary/aromatic N) is 1. The molecular formula is C24H17NO3. The fourth-order valence-electron chi connectivity index (χ4n) is 4.11. The molecule has 4 nitrogen and oxygen atoms in total. The number of benzene rings is 3. The molecule has 4 heteroatoms. The van der Waals surface area contributed by atoms with Crippen LogP contribution in [0.15, 0.2) is 66.7 Å². The summed E-state index contributed by atoms with van der Waals surface area (Å²) in [6, 6.07) is 19.9. The van der Waals surface area contributed by atoms with Crippen molar-refractivity contribution in [2.75, 3.05) is 0 Å². The molecule has 0 atom stereocenters. The molecule has 3 aromatic carbocycles. The van der Waals surface area contributed by atoms with E-state index in [1.165, 1.54) is 0 Å². The minimum absolute atomic E-state index is 0.0714. The van der Waals surface area contributed by atoms with Gasteiger partial charge in [0.25, 0.3) is 0 Å². The van der Waals surface area contributed by atoms with E-state index in [1.54, 1.807) is 42.5 Å².